The van der Waals surface area contributed by atoms with Gasteiger partial charge in [0.15, 0.2) is 0 Å². The molecule has 1 aromatic heterocycles. The van der Waals surface area contributed by atoms with Gasteiger partial charge in [0.05, 0.1) is 18.2 Å². The lowest BCUT2D eigenvalue weighted by molar-refractivity contribution is 0.0388. The van der Waals surface area contributed by atoms with E-state index in [1.165, 1.54) is 0 Å². The van der Waals surface area contributed by atoms with Gasteiger partial charge in [0.25, 0.3) is 0 Å². The molecule has 0 radical (unpaired) electrons. The van der Waals surface area contributed by atoms with Crippen LogP contribution in [0.4, 0.5) is 5.69 Å². The number of rotatable bonds is 8. The van der Waals surface area contributed by atoms with Gasteiger partial charge in [0, 0.05) is 29.4 Å². The molecule has 0 amide bonds. The van der Waals surface area contributed by atoms with Crippen LogP contribution in [0.2, 0.25) is 0 Å². The number of ether oxygens (including phenoxy) is 2. The molecule has 3 aromatic carbocycles. The number of phenolic OH excluding ortho intramolecular Hbond substituents is 1. The van der Waals surface area contributed by atoms with Crippen LogP contribution in [0.1, 0.15) is 33.2 Å². The van der Waals surface area contributed by atoms with Gasteiger partial charge in [0.1, 0.15) is 17.9 Å². The number of esters is 1. The largest absolute Gasteiger partial charge is 0.505 e. The number of carbonyl (C=O) groups is 1. The topological polar surface area (TPSA) is 80.7 Å². The third-order valence-electron chi connectivity index (χ3n) is 5.40. The van der Waals surface area contributed by atoms with E-state index in [4.69, 9.17) is 9.47 Å². The van der Waals surface area contributed by atoms with Crippen molar-refractivity contribution in [3.8, 4) is 5.75 Å². The Labute approximate surface area is 192 Å². The second-order valence-electron chi connectivity index (χ2n) is 7.72. The van der Waals surface area contributed by atoms with Gasteiger partial charge in [-0.25, -0.2) is 9.78 Å². The minimum atomic E-state index is -0.396. The van der Waals surface area contributed by atoms with Crippen LogP contribution >= 0.6 is 0 Å². The Hall–Kier alpha value is -3.90. The van der Waals surface area contributed by atoms with E-state index in [1.807, 2.05) is 73.7 Å². The van der Waals surface area contributed by atoms with E-state index in [-0.39, 0.29) is 18.4 Å². The Balaban J connectivity index is 1.65. The summed E-state index contributed by atoms with van der Waals surface area (Å²) >= 11 is 0. The van der Waals surface area contributed by atoms with Gasteiger partial charge < -0.3 is 19.9 Å². The number of fused-ring (bicyclic) bond motifs is 1. The average molecular weight is 443 g/mol. The number of phenols is 1. The summed E-state index contributed by atoms with van der Waals surface area (Å²) in [6, 6.07) is 24.4. The van der Waals surface area contributed by atoms with Gasteiger partial charge in [-0.3, -0.25) is 0 Å². The minimum absolute atomic E-state index is 0.149. The predicted octanol–water partition coefficient (Wildman–Crippen LogP) is 5.25. The number of hydrogen-bond donors (Lipinski definition) is 2. The normalized spacial score (nSPS) is 11.8. The fourth-order valence-corrected chi connectivity index (χ4v) is 3.68. The molecule has 33 heavy (non-hydrogen) atoms. The summed E-state index contributed by atoms with van der Waals surface area (Å²) < 4.78 is 10.1. The molecular formula is C27H26N2O4. The van der Waals surface area contributed by atoms with Crippen molar-refractivity contribution < 1.29 is 19.4 Å². The van der Waals surface area contributed by atoms with Crippen LogP contribution in [0.5, 0.6) is 5.75 Å². The first-order chi connectivity index (χ1) is 16.1. The standard InChI is InChI=1S/C27H26N2O4/c1-18-8-9-20-12-15-23(26(30)25(20)28-18)24(19-6-4-3-5-7-19)29-22-13-10-21(11-14-22)27(31)33-17-16-32-2/h3-15,24,29-30H,16-17H2,1-2H3. The van der Waals surface area contributed by atoms with Crippen LogP contribution in [0.3, 0.4) is 0 Å². The minimum Gasteiger partial charge on any atom is -0.505 e. The maximum absolute atomic E-state index is 12.2. The second-order valence-corrected chi connectivity index (χ2v) is 7.72. The smallest absolute Gasteiger partial charge is 0.338 e. The second kappa shape index (κ2) is 10.1. The number of methoxy groups -OCH3 is 1. The molecule has 0 aliphatic carbocycles. The first-order valence-corrected chi connectivity index (χ1v) is 10.7. The number of carbonyl (C=O) groups excluding carboxylic acids is 1. The van der Waals surface area contributed by atoms with Crippen molar-refractivity contribution in [1.29, 1.82) is 0 Å². The molecule has 4 rings (SSSR count). The summed E-state index contributed by atoms with van der Waals surface area (Å²) in [6.07, 6.45) is 0. The Bertz CT molecular complexity index is 1240. The highest BCUT2D eigenvalue weighted by Crippen LogP contribution is 2.36. The van der Waals surface area contributed by atoms with Crippen LogP contribution in [0, 0.1) is 6.92 Å². The Morgan fingerprint density at radius 3 is 2.42 bits per heavy atom. The number of aromatic nitrogens is 1. The first-order valence-electron chi connectivity index (χ1n) is 10.7. The number of nitrogens with one attached hydrogen (secondary N) is 1. The molecular weight excluding hydrogens is 416 g/mol. The SMILES string of the molecule is COCCOC(=O)c1ccc(NC(c2ccccc2)c2ccc3ccc(C)nc3c2O)cc1. The van der Waals surface area contributed by atoms with Gasteiger partial charge in [-0.15, -0.1) is 0 Å². The number of aromatic hydroxyl groups is 1. The number of anilines is 1. The molecule has 0 spiro atoms. The van der Waals surface area contributed by atoms with Gasteiger partial charge in [0.2, 0.25) is 0 Å². The molecule has 168 valence electrons. The molecule has 0 aliphatic heterocycles. The summed E-state index contributed by atoms with van der Waals surface area (Å²) in [5.74, 6) is -0.247. The van der Waals surface area contributed by atoms with Crippen molar-refractivity contribution in [1.82, 2.24) is 4.98 Å². The van der Waals surface area contributed by atoms with Crippen molar-refractivity contribution in [2.24, 2.45) is 0 Å². The number of hydrogen-bond acceptors (Lipinski definition) is 6. The summed E-state index contributed by atoms with van der Waals surface area (Å²) in [4.78, 5) is 16.7. The van der Waals surface area contributed by atoms with Crippen molar-refractivity contribution in [3.63, 3.8) is 0 Å². The number of benzene rings is 3. The maximum Gasteiger partial charge on any atom is 0.338 e. The van der Waals surface area contributed by atoms with E-state index in [0.29, 0.717) is 17.7 Å². The average Bonchev–Trinajstić information content (AvgIpc) is 2.84. The summed E-state index contributed by atoms with van der Waals surface area (Å²) in [7, 11) is 1.56. The third kappa shape index (κ3) is 5.13. The number of aryl methyl sites for hydroxylation is 1. The quantitative estimate of drug-likeness (QED) is 0.286. The third-order valence-corrected chi connectivity index (χ3v) is 5.40. The van der Waals surface area contributed by atoms with E-state index in [1.54, 1.807) is 19.2 Å². The Morgan fingerprint density at radius 2 is 1.70 bits per heavy atom. The van der Waals surface area contributed by atoms with E-state index < -0.39 is 5.97 Å². The van der Waals surface area contributed by atoms with Crippen LogP contribution in [0.25, 0.3) is 10.9 Å². The molecule has 6 heteroatoms. The lowest BCUT2D eigenvalue weighted by atomic mass is 9.96. The van der Waals surface area contributed by atoms with Crippen LogP contribution < -0.4 is 5.32 Å². The zero-order chi connectivity index (χ0) is 23.2. The Kier molecular flexibility index (Phi) is 6.86. The van der Waals surface area contributed by atoms with E-state index in [0.717, 1.165) is 27.9 Å². The molecule has 2 N–H and O–H groups in total. The first kappa shape index (κ1) is 22.3. The van der Waals surface area contributed by atoms with Gasteiger partial charge in [-0.2, -0.15) is 0 Å². The van der Waals surface area contributed by atoms with Crippen LogP contribution in [-0.4, -0.2) is 36.4 Å². The monoisotopic (exact) mass is 442 g/mol. The van der Waals surface area contributed by atoms with E-state index >= 15 is 0 Å². The molecule has 0 bridgehead atoms. The fraction of sp³-hybridized carbons (Fsp3) is 0.185. The molecule has 0 saturated heterocycles. The van der Waals surface area contributed by atoms with Crippen molar-refractivity contribution in [2.45, 2.75) is 13.0 Å². The lowest BCUT2D eigenvalue weighted by Crippen LogP contribution is -2.13. The van der Waals surface area contributed by atoms with Crippen molar-refractivity contribution in [2.75, 3.05) is 25.6 Å². The summed E-state index contributed by atoms with van der Waals surface area (Å²) in [5.41, 5.74) is 4.38. The number of pyridine rings is 1. The molecule has 1 atom stereocenters. The zero-order valence-electron chi connectivity index (χ0n) is 18.6. The lowest BCUT2D eigenvalue weighted by Gasteiger charge is -2.23. The van der Waals surface area contributed by atoms with Crippen molar-refractivity contribution in [3.05, 3.63) is 101 Å². The van der Waals surface area contributed by atoms with Crippen LogP contribution in [0.15, 0.2) is 78.9 Å². The molecule has 0 saturated carbocycles. The molecule has 0 aliphatic rings. The number of nitrogens with zero attached hydrogens (tertiary/aromatic N) is 1. The molecule has 4 aromatic rings. The fourth-order valence-electron chi connectivity index (χ4n) is 3.68. The maximum atomic E-state index is 12.2. The molecule has 0 fully saturated rings. The van der Waals surface area contributed by atoms with E-state index in [9.17, 15) is 9.90 Å². The highest BCUT2D eigenvalue weighted by Gasteiger charge is 2.20. The summed E-state index contributed by atoms with van der Waals surface area (Å²) in [6.45, 7) is 2.47. The highest BCUT2D eigenvalue weighted by atomic mass is 16.6. The summed E-state index contributed by atoms with van der Waals surface area (Å²) in [5, 5.41) is 15.5. The highest BCUT2D eigenvalue weighted by molar-refractivity contribution is 5.90. The predicted molar refractivity (Wildman–Crippen MR) is 129 cm³/mol. The van der Waals surface area contributed by atoms with Gasteiger partial charge in [-0.05, 0) is 42.8 Å². The van der Waals surface area contributed by atoms with Crippen LogP contribution in [-0.2, 0) is 9.47 Å². The van der Waals surface area contributed by atoms with E-state index in [2.05, 4.69) is 10.3 Å². The van der Waals surface area contributed by atoms with Gasteiger partial charge in [-0.1, -0.05) is 48.5 Å². The van der Waals surface area contributed by atoms with Crippen molar-refractivity contribution >= 4 is 22.6 Å². The zero-order valence-corrected chi connectivity index (χ0v) is 18.6. The Morgan fingerprint density at radius 1 is 0.970 bits per heavy atom. The van der Waals surface area contributed by atoms with Gasteiger partial charge >= 0.3 is 5.97 Å². The molecule has 1 unspecified atom stereocenters. The molecule has 6 nitrogen and oxygen atoms in total. The molecule has 1 heterocycles.